The molecule has 1 saturated heterocycles. The number of aromatic nitrogens is 1. The minimum atomic E-state index is -0.136. The van der Waals surface area contributed by atoms with Crippen LogP contribution in [0.2, 0.25) is 0 Å². The zero-order valence-electron chi connectivity index (χ0n) is 9.13. The summed E-state index contributed by atoms with van der Waals surface area (Å²) >= 11 is 0. The fraction of sp³-hybridized carbons (Fsp3) is 0.600. The van der Waals surface area contributed by atoms with Crippen molar-refractivity contribution in [2.75, 3.05) is 19.7 Å². The van der Waals surface area contributed by atoms with Gasteiger partial charge in [0.25, 0.3) is 5.91 Å². The molecule has 1 aliphatic heterocycles. The number of rotatable bonds is 2. The number of carbonyl (C=O) groups is 1. The van der Waals surface area contributed by atoms with Crippen LogP contribution in [0.1, 0.15) is 17.4 Å². The van der Waals surface area contributed by atoms with Crippen molar-refractivity contribution >= 4 is 5.91 Å². The van der Waals surface area contributed by atoms with Crippen molar-refractivity contribution in [2.45, 2.75) is 19.1 Å². The monoisotopic (exact) mass is 225 g/mol. The summed E-state index contributed by atoms with van der Waals surface area (Å²) in [5.74, 6) is -0.136. The Morgan fingerprint density at radius 2 is 2.56 bits per heavy atom. The molecule has 1 aliphatic rings. The maximum absolute atomic E-state index is 11.9. The number of amides is 1. The lowest BCUT2D eigenvalue weighted by Gasteiger charge is -2.34. The predicted molar refractivity (Wildman–Crippen MR) is 55.8 cm³/mol. The van der Waals surface area contributed by atoms with Gasteiger partial charge in [0, 0.05) is 25.2 Å². The van der Waals surface area contributed by atoms with Crippen LogP contribution < -0.4 is 5.73 Å². The Bertz CT molecular complexity index is 350. The van der Waals surface area contributed by atoms with E-state index in [0.717, 1.165) is 0 Å². The maximum Gasteiger partial charge on any atom is 0.276 e. The highest BCUT2D eigenvalue weighted by atomic mass is 16.5. The van der Waals surface area contributed by atoms with Crippen molar-refractivity contribution in [1.29, 1.82) is 0 Å². The van der Waals surface area contributed by atoms with Gasteiger partial charge < -0.3 is 19.9 Å². The molecular weight excluding hydrogens is 210 g/mol. The predicted octanol–water partition coefficient (Wildman–Crippen LogP) is -0.137. The van der Waals surface area contributed by atoms with Gasteiger partial charge in [0.05, 0.1) is 12.7 Å². The third-order valence-corrected chi connectivity index (χ3v) is 2.62. The van der Waals surface area contributed by atoms with Gasteiger partial charge in [-0.25, -0.2) is 0 Å². The summed E-state index contributed by atoms with van der Waals surface area (Å²) in [6.07, 6.45) is 1.28. The van der Waals surface area contributed by atoms with Gasteiger partial charge in [-0.15, -0.1) is 0 Å². The third kappa shape index (κ3) is 2.23. The van der Waals surface area contributed by atoms with Crippen LogP contribution in [0, 0.1) is 0 Å². The second-order valence-corrected chi connectivity index (χ2v) is 3.90. The Labute approximate surface area is 93.3 Å². The van der Waals surface area contributed by atoms with Crippen molar-refractivity contribution < 1.29 is 14.1 Å². The molecule has 0 aliphatic carbocycles. The highest BCUT2D eigenvalue weighted by molar-refractivity contribution is 5.92. The van der Waals surface area contributed by atoms with E-state index in [2.05, 4.69) is 9.68 Å². The van der Waals surface area contributed by atoms with Gasteiger partial charge >= 0.3 is 0 Å². The topological polar surface area (TPSA) is 81.6 Å². The summed E-state index contributed by atoms with van der Waals surface area (Å²) in [7, 11) is 0. The molecule has 0 bridgehead atoms. The molecule has 88 valence electrons. The van der Waals surface area contributed by atoms with Crippen molar-refractivity contribution in [1.82, 2.24) is 10.1 Å². The molecule has 6 heteroatoms. The summed E-state index contributed by atoms with van der Waals surface area (Å²) < 4.78 is 10.1. The maximum atomic E-state index is 11.9. The van der Waals surface area contributed by atoms with E-state index in [4.69, 9.17) is 10.5 Å². The van der Waals surface area contributed by atoms with Crippen LogP contribution in [0.3, 0.4) is 0 Å². The first-order valence-electron chi connectivity index (χ1n) is 5.25. The van der Waals surface area contributed by atoms with E-state index in [1.165, 1.54) is 6.26 Å². The average Bonchev–Trinajstić information content (AvgIpc) is 2.81. The smallest absolute Gasteiger partial charge is 0.276 e. The second kappa shape index (κ2) is 4.63. The lowest BCUT2D eigenvalue weighted by molar-refractivity contribution is -0.0302. The van der Waals surface area contributed by atoms with Gasteiger partial charge in [0.15, 0.2) is 5.69 Å². The van der Waals surface area contributed by atoms with Gasteiger partial charge in [-0.3, -0.25) is 4.79 Å². The van der Waals surface area contributed by atoms with Crippen LogP contribution in [0.25, 0.3) is 0 Å². The molecule has 1 aromatic heterocycles. The summed E-state index contributed by atoms with van der Waals surface area (Å²) in [6.45, 7) is 3.45. The fourth-order valence-electron chi connectivity index (χ4n) is 1.66. The van der Waals surface area contributed by atoms with Gasteiger partial charge in [0.2, 0.25) is 0 Å². The number of hydrogen-bond acceptors (Lipinski definition) is 5. The van der Waals surface area contributed by atoms with E-state index in [1.807, 2.05) is 6.92 Å². The van der Waals surface area contributed by atoms with Crippen LogP contribution in [0.5, 0.6) is 0 Å². The van der Waals surface area contributed by atoms with Crippen LogP contribution in [0.15, 0.2) is 16.9 Å². The molecule has 2 heterocycles. The molecule has 2 unspecified atom stereocenters. The van der Waals surface area contributed by atoms with E-state index in [-0.39, 0.29) is 18.1 Å². The first kappa shape index (κ1) is 11.1. The van der Waals surface area contributed by atoms with Gasteiger partial charge in [-0.1, -0.05) is 5.16 Å². The molecule has 1 aromatic rings. The van der Waals surface area contributed by atoms with Crippen LogP contribution in [0.4, 0.5) is 0 Å². The molecular formula is C10H15N3O3. The summed E-state index contributed by atoms with van der Waals surface area (Å²) in [6, 6.07) is 1.46. The summed E-state index contributed by atoms with van der Waals surface area (Å²) in [5.41, 5.74) is 6.08. The minimum absolute atomic E-state index is 0.0899. The zero-order valence-corrected chi connectivity index (χ0v) is 9.13. The highest BCUT2D eigenvalue weighted by Crippen LogP contribution is 2.11. The molecule has 6 nitrogen and oxygen atoms in total. The van der Waals surface area contributed by atoms with Crippen molar-refractivity contribution in [3.05, 3.63) is 18.0 Å². The fourth-order valence-corrected chi connectivity index (χ4v) is 1.66. The molecule has 1 fully saturated rings. The number of hydrogen-bond donors (Lipinski definition) is 1. The van der Waals surface area contributed by atoms with E-state index in [1.54, 1.807) is 11.0 Å². The van der Waals surface area contributed by atoms with E-state index in [0.29, 0.717) is 25.4 Å². The highest BCUT2D eigenvalue weighted by Gasteiger charge is 2.28. The summed E-state index contributed by atoms with van der Waals surface area (Å²) in [5, 5.41) is 3.62. The number of ether oxygens (including phenoxy) is 1. The van der Waals surface area contributed by atoms with E-state index < -0.39 is 0 Å². The molecule has 0 saturated carbocycles. The SMILES string of the molecule is CC(N)C1CN(C(=O)c2ccon2)CCO1. The summed E-state index contributed by atoms with van der Waals surface area (Å²) in [4.78, 5) is 13.6. The number of nitrogens with zero attached hydrogens (tertiary/aromatic N) is 2. The van der Waals surface area contributed by atoms with Gasteiger partial charge in [0.1, 0.15) is 6.26 Å². The van der Waals surface area contributed by atoms with Crippen molar-refractivity contribution in [2.24, 2.45) is 5.73 Å². The Morgan fingerprint density at radius 3 is 3.19 bits per heavy atom. The Hall–Kier alpha value is -1.40. The largest absolute Gasteiger partial charge is 0.373 e. The van der Waals surface area contributed by atoms with Crippen LogP contribution >= 0.6 is 0 Å². The standard InChI is InChI=1S/C10H15N3O3/c1-7(11)9-6-13(3-5-15-9)10(14)8-2-4-16-12-8/h2,4,7,9H,3,5-6,11H2,1H3. The van der Waals surface area contributed by atoms with E-state index >= 15 is 0 Å². The number of carbonyl (C=O) groups excluding carboxylic acids is 1. The quantitative estimate of drug-likeness (QED) is 0.757. The Balaban J connectivity index is 2.02. The average molecular weight is 225 g/mol. The molecule has 0 spiro atoms. The molecule has 1 amide bonds. The normalized spacial score (nSPS) is 23.1. The number of morpholine rings is 1. The zero-order chi connectivity index (χ0) is 11.5. The van der Waals surface area contributed by atoms with Crippen LogP contribution in [-0.4, -0.2) is 47.8 Å². The van der Waals surface area contributed by atoms with Gasteiger partial charge in [-0.05, 0) is 6.92 Å². The lowest BCUT2D eigenvalue weighted by atomic mass is 10.1. The molecule has 0 aromatic carbocycles. The molecule has 16 heavy (non-hydrogen) atoms. The Kier molecular flexibility index (Phi) is 3.21. The first-order valence-corrected chi connectivity index (χ1v) is 5.25. The Morgan fingerprint density at radius 1 is 1.75 bits per heavy atom. The van der Waals surface area contributed by atoms with Crippen molar-refractivity contribution in [3.63, 3.8) is 0 Å². The van der Waals surface area contributed by atoms with Crippen LogP contribution in [-0.2, 0) is 4.74 Å². The molecule has 2 N–H and O–H groups in total. The first-order chi connectivity index (χ1) is 7.68. The number of nitrogens with two attached hydrogens (primary N) is 1. The molecule has 2 atom stereocenters. The minimum Gasteiger partial charge on any atom is -0.373 e. The second-order valence-electron chi connectivity index (χ2n) is 3.90. The third-order valence-electron chi connectivity index (χ3n) is 2.62. The van der Waals surface area contributed by atoms with Crippen molar-refractivity contribution in [3.8, 4) is 0 Å². The molecule has 0 radical (unpaired) electrons. The van der Waals surface area contributed by atoms with Gasteiger partial charge in [-0.2, -0.15) is 0 Å². The lowest BCUT2D eigenvalue weighted by Crippen LogP contribution is -2.51. The van der Waals surface area contributed by atoms with E-state index in [9.17, 15) is 4.79 Å². The molecule has 2 rings (SSSR count).